The second kappa shape index (κ2) is 42.1. The van der Waals surface area contributed by atoms with Gasteiger partial charge in [0.2, 0.25) is 0 Å². The molecular weight excluding hydrogens is 700 g/mol. The van der Waals surface area contributed by atoms with Crippen LogP contribution in [0.25, 0.3) is 0 Å². The molecule has 0 aromatic heterocycles. The van der Waals surface area contributed by atoms with Crippen LogP contribution in [0.4, 0.5) is 4.79 Å². The van der Waals surface area contributed by atoms with Crippen molar-refractivity contribution in [3.8, 4) is 0 Å². The monoisotopic (exact) mass is 770 g/mol. The van der Waals surface area contributed by atoms with Crippen molar-refractivity contribution < 1.29 is 29.6 Å². The van der Waals surface area contributed by atoms with E-state index in [4.69, 9.17) is 0 Å². The summed E-state index contributed by atoms with van der Waals surface area (Å²) >= 11 is 0. The first-order valence-corrected chi connectivity index (χ1v) is 17.8. The first-order chi connectivity index (χ1) is 20.6. The molecule has 0 unspecified atom stereocenters. The summed E-state index contributed by atoms with van der Waals surface area (Å²) in [6.07, 6.45) is 39.1. The summed E-state index contributed by atoms with van der Waals surface area (Å²) in [5.74, 6) is -1.24. The predicted molar refractivity (Wildman–Crippen MR) is 192 cm³/mol. The fraction of sp³-hybridized carbons (Fsp3) is 0.811. The van der Waals surface area contributed by atoms with Crippen LogP contribution in [0.2, 0.25) is 0 Å². The Morgan fingerprint density at radius 3 is 0.955 bits per heavy atom. The van der Waals surface area contributed by atoms with E-state index in [1.54, 1.807) is 0 Å². The summed E-state index contributed by atoms with van der Waals surface area (Å²) in [5.41, 5.74) is 0. The Kier molecular flexibility index (Phi) is 47.3. The fourth-order valence-electron chi connectivity index (χ4n) is 4.99. The van der Waals surface area contributed by atoms with Crippen LogP contribution in [0.3, 0.4) is 0 Å². The molecule has 0 aromatic carbocycles. The van der Waals surface area contributed by atoms with Crippen LogP contribution in [0.5, 0.6) is 0 Å². The maximum atomic E-state index is 11.8. The molecule has 0 heterocycles. The molecule has 0 aromatic rings. The molecule has 5 nitrogen and oxygen atoms in total. The van der Waals surface area contributed by atoms with E-state index in [9.17, 15) is 14.4 Å². The molecule has 0 fully saturated rings. The van der Waals surface area contributed by atoms with E-state index in [0.717, 1.165) is 51.4 Å². The number of ether oxygens (including phenoxy) is 2. The van der Waals surface area contributed by atoms with Crippen molar-refractivity contribution >= 4 is 109 Å². The Morgan fingerprint density at radius 2 is 0.659 bits per heavy atom. The summed E-state index contributed by atoms with van der Waals surface area (Å²) in [7, 11) is 0. The maximum Gasteiger partial charge on any atom is 2.00 e. The van der Waals surface area contributed by atoms with Gasteiger partial charge in [-0.15, -0.1) is 0 Å². The molecule has 252 valence electrons. The molecule has 0 atom stereocenters. The number of carbonyl (C=O) groups is 3. The number of esters is 2. The van der Waals surface area contributed by atoms with Gasteiger partial charge in [-0.25, -0.2) is 4.79 Å². The minimum absolute atomic E-state index is 0. The number of carbonyl (C=O) groups excluding carboxylic acids is 3. The zero-order valence-electron chi connectivity index (χ0n) is 33.1. The Hall–Kier alpha value is 1.05. The molecule has 0 bridgehead atoms. The number of hydrogen-bond donors (Lipinski definition) is 0. The predicted octanol–water partition coefficient (Wildman–Crippen LogP) is 12.0. The Morgan fingerprint density at radius 1 is 0.409 bits per heavy atom. The van der Waals surface area contributed by atoms with Crippen molar-refractivity contribution in [3.05, 3.63) is 24.3 Å². The number of rotatable bonds is 30. The number of unbranched alkanes of at least 4 members (excludes halogenated alkanes) is 22. The van der Waals surface area contributed by atoms with Gasteiger partial charge in [-0.2, -0.15) is 0 Å². The third kappa shape index (κ3) is 41.1. The van der Waals surface area contributed by atoms with Gasteiger partial charge >= 0.3 is 109 Å². The van der Waals surface area contributed by atoms with Gasteiger partial charge in [-0.05, 0) is 64.2 Å². The van der Waals surface area contributed by atoms with Gasteiger partial charge in [0.1, 0.15) is 0 Å². The number of allylic oxidation sites excluding steroid dienone is 4. The molecule has 0 aliphatic heterocycles. The molecule has 0 rings (SSSR count). The third-order valence-corrected chi connectivity index (χ3v) is 7.68. The van der Waals surface area contributed by atoms with Crippen LogP contribution < -0.4 is 0 Å². The maximum absolute atomic E-state index is 11.8. The van der Waals surface area contributed by atoms with Crippen molar-refractivity contribution in [1.82, 2.24) is 0 Å². The van der Waals surface area contributed by atoms with Gasteiger partial charge in [0.25, 0.3) is 0 Å². The Balaban J connectivity index is -0.000000560. The van der Waals surface area contributed by atoms with Crippen LogP contribution in [0, 0.1) is 0 Å². The molecule has 0 saturated carbocycles. The van der Waals surface area contributed by atoms with Crippen molar-refractivity contribution in [2.75, 3.05) is 0 Å². The van der Waals surface area contributed by atoms with Crippen LogP contribution in [-0.4, -0.2) is 109 Å². The van der Waals surface area contributed by atoms with Gasteiger partial charge in [-0.1, -0.05) is 141 Å². The standard InChI is InChI=1S/C37H66O5.2Sr.4H/c1-3-5-7-9-11-13-15-17-19-21-23-25-27-29-31-33-35(38)41-37(40)42-36(39)34-32-30-28-26-24-22-20-18-16-14-12-10-8-6-4-2;;;;;;/h17-20H,3-16,21-34H2,1-2H3;;;;;;/q;2*+2;4*-1/b19-17-,20-18-;;;;;;. The van der Waals surface area contributed by atoms with Crippen LogP contribution in [-0.2, 0) is 19.1 Å². The smallest absolute Gasteiger partial charge is 1.00 e. The van der Waals surface area contributed by atoms with Gasteiger partial charge in [-0.3, -0.25) is 9.59 Å². The molecule has 0 aliphatic carbocycles. The Bertz CT molecular complexity index is 657. The third-order valence-electron chi connectivity index (χ3n) is 7.68. The minimum atomic E-state index is -1.19. The minimum Gasteiger partial charge on any atom is -1.00 e. The van der Waals surface area contributed by atoms with Crippen molar-refractivity contribution in [1.29, 1.82) is 0 Å². The average molecular weight is 770 g/mol. The summed E-state index contributed by atoms with van der Waals surface area (Å²) < 4.78 is 9.26. The summed E-state index contributed by atoms with van der Waals surface area (Å²) in [6.45, 7) is 4.50. The molecule has 0 radical (unpaired) electrons. The topological polar surface area (TPSA) is 69.7 Å². The zero-order valence-corrected chi connectivity index (χ0v) is 36.0. The average Bonchev–Trinajstić information content (AvgIpc) is 2.97. The van der Waals surface area contributed by atoms with Gasteiger partial charge in [0, 0.05) is 12.8 Å². The summed E-state index contributed by atoms with van der Waals surface area (Å²) in [6, 6.07) is 0. The van der Waals surface area contributed by atoms with Crippen molar-refractivity contribution in [2.45, 2.75) is 194 Å². The molecule has 7 heteroatoms. The first-order valence-electron chi connectivity index (χ1n) is 17.8. The quantitative estimate of drug-likeness (QED) is 0.0239. The van der Waals surface area contributed by atoms with E-state index >= 15 is 0 Å². The van der Waals surface area contributed by atoms with E-state index in [0.29, 0.717) is 12.8 Å². The number of hydrogen-bond acceptors (Lipinski definition) is 5. The first kappa shape index (κ1) is 49.4. The molecule has 0 spiro atoms. The van der Waals surface area contributed by atoms with Gasteiger partial charge in [0.15, 0.2) is 0 Å². The molecule has 0 amide bonds. The summed E-state index contributed by atoms with van der Waals surface area (Å²) in [4.78, 5) is 35.3. The van der Waals surface area contributed by atoms with E-state index in [1.807, 2.05) is 0 Å². The van der Waals surface area contributed by atoms with Crippen molar-refractivity contribution in [2.24, 2.45) is 0 Å². The molecular formula is C37H70O5Sr2. The van der Waals surface area contributed by atoms with E-state index in [1.165, 1.54) is 103 Å². The van der Waals surface area contributed by atoms with Gasteiger partial charge < -0.3 is 15.2 Å². The van der Waals surface area contributed by atoms with Crippen LogP contribution in [0.15, 0.2) is 24.3 Å². The van der Waals surface area contributed by atoms with Crippen LogP contribution >= 0.6 is 0 Å². The zero-order chi connectivity index (χ0) is 30.8. The normalized spacial score (nSPS) is 11.0. The van der Waals surface area contributed by atoms with Gasteiger partial charge in [0.05, 0.1) is 0 Å². The fourth-order valence-corrected chi connectivity index (χ4v) is 4.99. The molecule has 44 heavy (non-hydrogen) atoms. The Labute approximate surface area is 352 Å². The molecule has 0 aliphatic rings. The van der Waals surface area contributed by atoms with Crippen molar-refractivity contribution in [3.63, 3.8) is 0 Å². The molecule has 0 N–H and O–H groups in total. The van der Waals surface area contributed by atoms with E-state index < -0.39 is 18.1 Å². The van der Waals surface area contributed by atoms with Crippen LogP contribution in [0.1, 0.15) is 199 Å². The largest absolute Gasteiger partial charge is 2.00 e. The second-order valence-corrected chi connectivity index (χ2v) is 11.9. The summed E-state index contributed by atoms with van der Waals surface area (Å²) in [5, 5.41) is 0. The SMILES string of the molecule is CCCCCCCC/C=C\CCCCCCCC(=O)OC(=O)OC(=O)CCCCCCC/C=C\CCCCCCCC.[H-].[H-].[H-].[H-].[Sr+2].[Sr+2]. The molecule has 0 saturated heterocycles. The van der Waals surface area contributed by atoms with E-state index in [-0.39, 0.29) is 110 Å². The van der Waals surface area contributed by atoms with E-state index in [2.05, 4.69) is 47.6 Å². The second-order valence-electron chi connectivity index (χ2n) is 11.9.